The summed E-state index contributed by atoms with van der Waals surface area (Å²) in [5, 5.41) is 1.06. The molecule has 1 aliphatic heterocycles. The summed E-state index contributed by atoms with van der Waals surface area (Å²) >= 11 is 1.74. The van der Waals surface area contributed by atoms with Crippen LogP contribution in [0.4, 0.5) is 0 Å². The number of aromatic nitrogens is 3. The van der Waals surface area contributed by atoms with Crippen molar-refractivity contribution in [2.75, 3.05) is 19.5 Å². The summed E-state index contributed by atoms with van der Waals surface area (Å²) in [6, 6.07) is 15.3. The molecule has 0 aliphatic carbocycles. The lowest BCUT2D eigenvalue weighted by Crippen LogP contribution is -2.20. The van der Waals surface area contributed by atoms with Gasteiger partial charge in [0.05, 0.1) is 27.5 Å². The van der Waals surface area contributed by atoms with Crippen LogP contribution in [0.15, 0.2) is 42.5 Å². The molecule has 1 saturated heterocycles. The molecule has 0 bridgehead atoms. The van der Waals surface area contributed by atoms with Crippen LogP contribution in [0.25, 0.3) is 31.8 Å². The fraction of sp³-hybridized carbons (Fsp3) is 0.333. The third-order valence-corrected chi connectivity index (χ3v) is 6.05. The van der Waals surface area contributed by atoms with E-state index in [1.54, 1.807) is 11.3 Å². The quantitative estimate of drug-likeness (QED) is 0.457. The van der Waals surface area contributed by atoms with Gasteiger partial charge in [0, 0.05) is 24.8 Å². The van der Waals surface area contributed by atoms with Gasteiger partial charge in [-0.3, -0.25) is 4.55 Å². The maximum absolute atomic E-state index is 9.19. The molecule has 0 saturated carbocycles. The normalized spacial score (nSPS) is 15.3. The summed E-state index contributed by atoms with van der Waals surface area (Å²) in [5.74, 6) is 1.09. The minimum Gasteiger partial charge on any atom is -0.381 e. The molecule has 158 valence electrons. The van der Waals surface area contributed by atoms with E-state index in [1.807, 2.05) is 6.07 Å². The maximum Gasteiger partial charge on any atom is 0.261 e. The van der Waals surface area contributed by atoms with Gasteiger partial charge in [-0.05, 0) is 50.1 Å². The lowest BCUT2D eigenvalue weighted by atomic mass is 10.1. The van der Waals surface area contributed by atoms with E-state index < -0.39 is 10.1 Å². The predicted octanol–water partition coefficient (Wildman–Crippen LogP) is 4.48. The van der Waals surface area contributed by atoms with Crippen molar-refractivity contribution in [2.24, 2.45) is 0 Å². The number of para-hydroxylation sites is 1. The Bertz CT molecular complexity index is 1250. The molecule has 1 aliphatic rings. The molecule has 1 N–H and O–H groups in total. The molecular weight excluding hydrogens is 422 g/mol. The lowest BCUT2D eigenvalue weighted by molar-refractivity contribution is 0.0701. The highest BCUT2D eigenvalue weighted by molar-refractivity contribution is 7.85. The molecule has 0 atom stereocenters. The average Bonchev–Trinajstić information content (AvgIpc) is 3.27. The number of aryl methyl sites for hydroxylation is 1. The van der Waals surface area contributed by atoms with Crippen molar-refractivity contribution in [3.63, 3.8) is 0 Å². The van der Waals surface area contributed by atoms with Crippen molar-refractivity contribution >= 4 is 42.7 Å². The Hall–Kier alpha value is -2.33. The molecule has 2 aromatic carbocycles. The Labute approximate surface area is 179 Å². The molecular formula is C21H23N3O4S2. The predicted molar refractivity (Wildman–Crippen MR) is 120 cm³/mol. The number of nitrogens with zero attached hydrogens (tertiary/aromatic N) is 3. The zero-order chi connectivity index (χ0) is 21.3. The molecule has 0 amide bonds. The Morgan fingerprint density at radius 2 is 1.80 bits per heavy atom. The van der Waals surface area contributed by atoms with Crippen molar-refractivity contribution in [3.05, 3.63) is 48.3 Å². The fourth-order valence-electron chi connectivity index (χ4n) is 3.75. The van der Waals surface area contributed by atoms with E-state index in [0.717, 1.165) is 53.5 Å². The van der Waals surface area contributed by atoms with Crippen LogP contribution in [-0.4, -0.2) is 47.0 Å². The first-order valence-electron chi connectivity index (χ1n) is 9.64. The summed E-state index contributed by atoms with van der Waals surface area (Å²) in [6.45, 7) is 3.79. The monoisotopic (exact) mass is 445 g/mol. The van der Waals surface area contributed by atoms with Gasteiger partial charge >= 0.3 is 0 Å². The highest BCUT2D eigenvalue weighted by Crippen LogP contribution is 2.33. The van der Waals surface area contributed by atoms with Crippen molar-refractivity contribution in [1.29, 1.82) is 0 Å². The number of imidazole rings is 1. The third kappa shape index (κ3) is 4.70. The number of thiazole rings is 1. The average molecular weight is 446 g/mol. The van der Waals surface area contributed by atoms with Crippen LogP contribution in [0.5, 0.6) is 0 Å². The Balaban J connectivity index is 0.000000393. The zero-order valence-electron chi connectivity index (χ0n) is 16.8. The van der Waals surface area contributed by atoms with Crippen molar-refractivity contribution in [1.82, 2.24) is 14.5 Å². The minimum atomic E-state index is -3.67. The highest BCUT2D eigenvalue weighted by Gasteiger charge is 2.20. The highest BCUT2D eigenvalue weighted by atomic mass is 32.2. The van der Waals surface area contributed by atoms with Crippen molar-refractivity contribution < 1.29 is 17.7 Å². The van der Waals surface area contributed by atoms with Gasteiger partial charge in [-0.15, -0.1) is 11.3 Å². The summed E-state index contributed by atoms with van der Waals surface area (Å²) in [6.07, 6.45) is 2.84. The van der Waals surface area contributed by atoms with Gasteiger partial charge in [-0.25, -0.2) is 9.97 Å². The summed E-state index contributed by atoms with van der Waals surface area (Å²) in [7, 11) is -3.67. The minimum absolute atomic E-state index is 0.493. The largest absolute Gasteiger partial charge is 0.381 e. The van der Waals surface area contributed by atoms with E-state index in [-0.39, 0.29) is 0 Å². The molecule has 0 unspecified atom stereocenters. The van der Waals surface area contributed by atoms with Crippen LogP contribution >= 0.6 is 11.3 Å². The van der Waals surface area contributed by atoms with Crippen LogP contribution in [-0.2, 0) is 14.9 Å². The third-order valence-electron chi connectivity index (χ3n) is 4.96. The Morgan fingerprint density at radius 1 is 1.10 bits per heavy atom. The van der Waals surface area contributed by atoms with Crippen LogP contribution in [0, 0.1) is 6.92 Å². The first-order valence-corrected chi connectivity index (χ1v) is 12.3. The van der Waals surface area contributed by atoms with Gasteiger partial charge in [0.25, 0.3) is 10.1 Å². The first kappa shape index (κ1) is 20.9. The second-order valence-corrected chi connectivity index (χ2v) is 9.79. The van der Waals surface area contributed by atoms with Gasteiger partial charge in [0.2, 0.25) is 0 Å². The molecule has 7 nitrogen and oxygen atoms in total. The maximum atomic E-state index is 9.19. The molecule has 30 heavy (non-hydrogen) atoms. The molecule has 5 rings (SSSR count). The second kappa shape index (κ2) is 8.43. The lowest BCUT2D eigenvalue weighted by Gasteiger charge is -2.25. The molecule has 1 fully saturated rings. The molecule has 2 aromatic heterocycles. The van der Waals surface area contributed by atoms with Crippen molar-refractivity contribution in [3.8, 4) is 10.6 Å². The van der Waals surface area contributed by atoms with Gasteiger partial charge in [0.1, 0.15) is 10.8 Å². The summed E-state index contributed by atoms with van der Waals surface area (Å²) in [5.41, 5.74) is 4.48. The summed E-state index contributed by atoms with van der Waals surface area (Å²) < 4.78 is 35.0. The SMILES string of the molecule is CS(=O)(=O)O.Cc1nc2cc(-c3nc4ccccc4s3)ccc2n1C1CCOCC1. The zero-order valence-corrected chi connectivity index (χ0v) is 18.4. The standard InChI is InChI=1S/C20H19N3OS.CH4O3S/c1-13-21-17-12-14(20-22-16-4-2-3-5-19(16)25-20)6-7-18(17)23(13)15-8-10-24-11-9-15;1-5(2,3)4/h2-7,12,15H,8-11H2,1H3;1H3,(H,2,3,4). The van der Waals surface area contributed by atoms with Gasteiger partial charge in [-0.1, -0.05) is 12.1 Å². The second-order valence-electron chi connectivity index (χ2n) is 7.30. The molecule has 9 heteroatoms. The van der Waals surface area contributed by atoms with E-state index in [2.05, 4.69) is 47.9 Å². The van der Waals surface area contributed by atoms with E-state index in [9.17, 15) is 8.42 Å². The molecule has 3 heterocycles. The topological polar surface area (TPSA) is 94.3 Å². The number of hydrogen-bond acceptors (Lipinski definition) is 6. The Morgan fingerprint density at radius 3 is 2.50 bits per heavy atom. The molecule has 0 spiro atoms. The first-order chi connectivity index (χ1) is 14.3. The van der Waals surface area contributed by atoms with Gasteiger partial charge in [-0.2, -0.15) is 8.42 Å². The summed E-state index contributed by atoms with van der Waals surface area (Å²) in [4.78, 5) is 9.60. The van der Waals surface area contributed by atoms with Crippen LogP contribution in [0.2, 0.25) is 0 Å². The van der Waals surface area contributed by atoms with Crippen molar-refractivity contribution in [2.45, 2.75) is 25.8 Å². The van der Waals surface area contributed by atoms with E-state index in [1.165, 1.54) is 10.2 Å². The van der Waals surface area contributed by atoms with E-state index >= 15 is 0 Å². The van der Waals surface area contributed by atoms with Gasteiger partial charge in [0.15, 0.2) is 0 Å². The Kier molecular flexibility index (Phi) is 5.88. The molecule has 4 aromatic rings. The number of rotatable bonds is 2. The fourth-order valence-corrected chi connectivity index (χ4v) is 4.71. The van der Waals surface area contributed by atoms with E-state index in [0.29, 0.717) is 12.3 Å². The van der Waals surface area contributed by atoms with Crippen LogP contribution in [0.3, 0.4) is 0 Å². The van der Waals surface area contributed by atoms with E-state index in [4.69, 9.17) is 19.3 Å². The van der Waals surface area contributed by atoms with Crippen LogP contribution in [0.1, 0.15) is 24.7 Å². The van der Waals surface area contributed by atoms with Crippen LogP contribution < -0.4 is 0 Å². The van der Waals surface area contributed by atoms with Gasteiger partial charge < -0.3 is 9.30 Å². The number of hydrogen-bond donors (Lipinski definition) is 1. The smallest absolute Gasteiger partial charge is 0.261 e. The number of fused-ring (bicyclic) bond motifs is 2. The number of ether oxygens (including phenoxy) is 1. The number of benzene rings is 2. The molecule has 0 radical (unpaired) electrons.